The fraction of sp³-hybridized carbons (Fsp3) is 0. The lowest BCUT2D eigenvalue weighted by Gasteiger charge is -1.94. The second-order valence-corrected chi connectivity index (χ2v) is 2.97. The summed E-state index contributed by atoms with van der Waals surface area (Å²) in [6, 6.07) is 6.09. The van der Waals surface area contributed by atoms with Crippen LogP contribution in [0.15, 0.2) is 29.8 Å². The average molecular weight is 205 g/mol. The SMILES string of the molecule is O=C1NOC(=O)/C1=C/c1ccc(O)cc1. The molecular weight excluding hydrogens is 198 g/mol. The highest BCUT2D eigenvalue weighted by Crippen LogP contribution is 2.15. The van der Waals surface area contributed by atoms with Gasteiger partial charge >= 0.3 is 5.97 Å². The summed E-state index contributed by atoms with van der Waals surface area (Å²) in [5.74, 6) is -1.14. The van der Waals surface area contributed by atoms with Crippen molar-refractivity contribution in [1.29, 1.82) is 0 Å². The van der Waals surface area contributed by atoms with E-state index >= 15 is 0 Å². The lowest BCUT2D eigenvalue weighted by Crippen LogP contribution is -2.12. The maximum Gasteiger partial charge on any atom is 0.368 e. The smallest absolute Gasteiger partial charge is 0.368 e. The Morgan fingerprint density at radius 1 is 1.20 bits per heavy atom. The molecule has 0 saturated carbocycles. The third-order valence-corrected chi connectivity index (χ3v) is 1.91. The molecule has 1 amide bonds. The number of carbonyl (C=O) groups is 2. The van der Waals surface area contributed by atoms with Gasteiger partial charge in [-0.15, -0.1) is 0 Å². The van der Waals surface area contributed by atoms with Gasteiger partial charge in [0.15, 0.2) is 0 Å². The first-order valence-electron chi connectivity index (χ1n) is 4.19. The third kappa shape index (κ3) is 1.80. The third-order valence-electron chi connectivity index (χ3n) is 1.91. The van der Waals surface area contributed by atoms with Crippen molar-refractivity contribution in [3.63, 3.8) is 0 Å². The van der Waals surface area contributed by atoms with Crippen LogP contribution >= 0.6 is 0 Å². The summed E-state index contributed by atoms with van der Waals surface area (Å²) in [4.78, 5) is 26.4. The highest BCUT2D eigenvalue weighted by molar-refractivity contribution is 6.22. The lowest BCUT2D eigenvalue weighted by molar-refractivity contribution is -0.143. The molecule has 1 saturated heterocycles. The molecule has 76 valence electrons. The fourth-order valence-corrected chi connectivity index (χ4v) is 1.16. The molecule has 2 rings (SSSR count). The van der Waals surface area contributed by atoms with Gasteiger partial charge in [0, 0.05) is 0 Å². The molecule has 5 heteroatoms. The lowest BCUT2D eigenvalue weighted by atomic mass is 10.1. The van der Waals surface area contributed by atoms with Gasteiger partial charge in [-0.25, -0.2) is 4.79 Å². The molecule has 1 aromatic carbocycles. The summed E-state index contributed by atoms with van der Waals surface area (Å²) < 4.78 is 0. The zero-order valence-corrected chi connectivity index (χ0v) is 7.56. The normalized spacial score (nSPS) is 17.7. The van der Waals surface area contributed by atoms with E-state index in [2.05, 4.69) is 4.84 Å². The Morgan fingerprint density at radius 3 is 2.40 bits per heavy atom. The van der Waals surface area contributed by atoms with Gasteiger partial charge in [0.2, 0.25) is 0 Å². The van der Waals surface area contributed by atoms with Gasteiger partial charge in [-0.2, -0.15) is 5.48 Å². The Kier molecular flexibility index (Phi) is 2.13. The molecule has 1 aliphatic heterocycles. The van der Waals surface area contributed by atoms with Crippen molar-refractivity contribution < 1.29 is 19.5 Å². The number of carbonyl (C=O) groups excluding carboxylic acids is 2. The Bertz CT molecular complexity index is 429. The van der Waals surface area contributed by atoms with Gasteiger partial charge in [-0.05, 0) is 23.8 Å². The molecule has 15 heavy (non-hydrogen) atoms. The van der Waals surface area contributed by atoms with Crippen LogP contribution in [-0.2, 0) is 14.4 Å². The number of aromatic hydroxyl groups is 1. The average Bonchev–Trinajstić information content (AvgIpc) is 2.53. The van der Waals surface area contributed by atoms with E-state index in [4.69, 9.17) is 5.11 Å². The number of benzene rings is 1. The molecule has 0 bridgehead atoms. The second-order valence-electron chi connectivity index (χ2n) is 2.97. The summed E-state index contributed by atoms with van der Waals surface area (Å²) in [5, 5.41) is 9.03. The topological polar surface area (TPSA) is 75.6 Å². The zero-order valence-electron chi connectivity index (χ0n) is 7.56. The number of nitrogens with one attached hydrogen (secondary N) is 1. The first-order valence-corrected chi connectivity index (χ1v) is 4.19. The molecule has 0 aromatic heterocycles. The van der Waals surface area contributed by atoms with Crippen LogP contribution in [0.5, 0.6) is 5.75 Å². The van der Waals surface area contributed by atoms with Crippen molar-refractivity contribution in [2.24, 2.45) is 0 Å². The molecule has 0 spiro atoms. The van der Waals surface area contributed by atoms with Crippen LogP contribution in [0, 0.1) is 0 Å². The van der Waals surface area contributed by atoms with E-state index in [-0.39, 0.29) is 11.3 Å². The molecule has 0 unspecified atom stereocenters. The van der Waals surface area contributed by atoms with Gasteiger partial charge in [-0.3, -0.25) is 4.79 Å². The van der Waals surface area contributed by atoms with Crippen molar-refractivity contribution in [2.75, 3.05) is 0 Å². The van der Waals surface area contributed by atoms with E-state index in [0.717, 1.165) is 0 Å². The standard InChI is InChI=1S/C10H7NO4/c12-7-3-1-6(2-4-7)5-8-9(13)11-15-10(8)14/h1-5,12H,(H,11,13)/b8-5+. The summed E-state index contributed by atoms with van der Waals surface area (Å²) >= 11 is 0. The Morgan fingerprint density at radius 2 is 1.87 bits per heavy atom. The fourth-order valence-electron chi connectivity index (χ4n) is 1.16. The van der Waals surface area contributed by atoms with Crippen LogP contribution < -0.4 is 5.48 Å². The number of amides is 1. The molecular formula is C10H7NO4. The van der Waals surface area contributed by atoms with E-state index in [1.807, 2.05) is 5.48 Å². The van der Waals surface area contributed by atoms with Crippen molar-refractivity contribution >= 4 is 18.0 Å². The van der Waals surface area contributed by atoms with Crippen LogP contribution in [0.1, 0.15) is 5.56 Å². The van der Waals surface area contributed by atoms with Crippen LogP contribution in [0.25, 0.3) is 6.08 Å². The molecule has 1 aliphatic rings. The molecule has 0 aliphatic carbocycles. The van der Waals surface area contributed by atoms with E-state index < -0.39 is 11.9 Å². The predicted octanol–water partition coefficient (Wildman–Crippen LogP) is 0.364. The molecule has 5 nitrogen and oxygen atoms in total. The first kappa shape index (κ1) is 9.26. The first-order chi connectivity index (χ1) is 7.16. The Hall–Kier alpha value is -2.30. The van der Waals surface area contributed by atoms with Crippen molar-refractivity contribution in [2.45, 2.75) is 0 Å². The van der Waals surface area contributed by atoms with Crippen LogP contribution in [0.2, 0.25) is 0 Å². The quantitative estimate of drug-likeness (QED) is 0.512. The second kappa shape index (κ2) is 3.45. The maximum atomic E-state index is 11.1. The van der Waals surface area contributed by atoms with Gasteiger partial charge < -0.3 is 9.94 Å². The van der Waals surface area contributed by atoms with Gasteiger partial charge in [0.25, 0.3) is 5.91 Å². The van der Waals surface area contributed by atoms with Gasteiger partial charge in [-0.1, -0.05) is 12.1 Å². The monoisotopic (exact) mass is 205 g/mol. The number of phenols is 1. The number of rotatable bonds is 1. The minimum Gasteiger partial charge on any atom is -0.508 e. The molecule has 1 fully saturated rings. The summed E-state index contributed by atoms with van der Waals surface area (Å²) in [6.45, 7) is 0. The van der Waals surface area contributed by atoms with Gasteiger partial charge in [0.1, 0.15) is 11.3 Å². The molecule has 1 heterocycles. The number of hydrogen-bond donors (Lipinski definition) is 2. The maximum absolute atomic E-state index is 11.1. The van der Waals surface area contributed by atoms with E-state index in [9.17, 15) is 9.59 Å². The molecule has 1 aromatic rings. The summed E-state index contributed by atoms with van der Waals surface area (Å²) in [6.07, 6.45) is 1.39. The van der Waals surface area contributed by atoms with Gasteiger partial charge in [0.05, 0.1) is 0 Å². The Balaban J connectivity index is 2.33. The minimum atomic E-state index is -0.701. The van der Waals surface area contributed by atoms with E-state index in [1.54, 1.807) is 12.1 Å². The van der Waals surface area contributed by atoms with E-state index in [1.165, 1.54) is 18.2 Å². The molecule has 0 atom stereocenters. The van der Waals surface area contributed by atoms with Crippen molar-refractivity contribution in [3.05, 3.63) is 35.4 Å². The largest absolute Gasteiger partial charge is 0.508 e. The highest BCUT2D eigenvalue weighted by Gasteiger charge is 2.28. The predicted molar refractivity (Wildman–Crippen MR) is 50.3 cm³/mol. The van der Waals surface area contributed by atoms with E-state index in [0.29, 0.717) is 5.56 Å². The molecule has 0 radical (unpaired) electrons. The summed E-state index contributed by atoms with van der Waals surface area (Å²) in [7, 11) is 0. The van der Waals surface area contributed by atoms with Crippen molar-refractivity contribution in [1.82, 2.24) is 5.48 Å². The minimum absolute atomic E-state index is 0.0549. The van der Waals surface area contributed by atoms with Crippen LogP contribution in [0.4, 0.5) is 0 Å². The number of phenolic OH excluding ortho intramolecular Hbond substituents is 1. The highest BCUT2D eigenvalue weighted by atomic mass is 16.7. The Labute approximate surface area is 84.9 Å². The zero-order chi connectivity index (χ0) is 10.8. The van der Waals surface area contributed by atoms with Crippen LogP contribution in [0.3, 0.4) is 0 Å². The van der Waals surface area contributed by atoms with Crippen molar-refractivity contribution in [3.8, 4) is 5.75 Å². The number of hydroxylamine groups is 1. The number of hydrogen-bond acceptors (Lipinski definition) is 4. The molecule has 2 N–H and O–H groups in total. The summed E-state index contributed by atoms with van der Waals surface area (Å²) in [5.41, 5.74) is 2.53. The van der Waals surface area contributed by atoms with Crippen LogP contribution in [-0.4, -0.2) is 17.0 Å².